The molecule has 1 aromatic rings. The Hall–Kier alpha value is -1.39. The maximum atomic E-state index is 10.4. The van der Waals surface area contributed by atoms with Crippen molar-refractivity contribution in [3.8, 4) is 0 Å². The Balaban J connectivity index is 2.37. The highest BCUT2D eigenvalue weighted by Crippen LogP contribution is 2.12. The third-order valence-corrected chi connectivity index (χ3v) is 2.18. The molecule has 1 aromatic carbocycles. The zero-order valence-electron chi connectivity index (χ0n) is 8.26. The topological polar surface area (TPSA) is 77.8 Å². The first kappa shape index (κ1) is 11.7. The van der Waals surface area contributed by atoms with E-state index < -0.39 is 11.8 Å². The fourth-order valence-electron chi connectivity index (χ4n) is 1.29. The van der Waals surface area contributed by atoms with Gasteiger partial charge in [-0.15, -0.1) is 0 Å². The Bertz CT molecular complexity index is 319. The lowest BCUT2D eigenvalue weighted by atomic mass is 10.0. The molecule has 0 spiro atoms. The van der Waals surface area contributed by atoms with Gasteiger partial charge in [0.15, 0.2) is 0 Å². The number of aliphatic hydroxyl groups is 2. The second-order valence-corrected chi connectivity index (χ2v) is 3.46. The van der Waals surface area contributed by atoms with Crippen molar-refractivity contribution in [3.63, 3.8) is 0 Å². The van der Waals surface area contributed by atoms with Gasteiger partial charge in [-0.1, -0.05) is 30.3 Å². The van der Waals surface area contributed by atoms with E-state index in [1.807, 2.05) is 30.3 Å². The van der Waals surface area contributed by atoms with Crippen molar-refractivity contribution >= 4 is 5.97 Å². The lowest BCUT2D eigenvalue weighted by molar-refractivity contribution is -0.205. The lowest BCUT2D eigenvalue weighted by Gasteiger charge is -2.15. The van der Waals surface area contributed by atoms with E-state index in [4.69, 9.17) is 15.3 Å². The van der Waals surface area contributed by atoms with Crippen molar-refractivity contribution < 1.29 is 20.1 Å². The highest BCUT2D eigenvalue weighted by Gasteiger charge is 2.31. The van der Waals surface area contributed by atoms with Gasteiger partial charge in [-0.2, -0.15) is 0 Å². The van der Waals surface area contributed by atoms with Crippen molar-refractivity contribution in [2.45, 2.75) is 25.0 Å². The van der Waals surface area contributed by atoms with Crippen molar-refractivity contribution in [2.24, 2.45) is 0 Å². The van der Waals surface area contributed by atoms with E-state index in [9.17, 15) is 4.79 Å². The first-order chi connectivity index (χ1) is 7.02. The molecule has 0 saturated carbocycles. The van der Waals surface area contributed by atoms with Crippen LogP contribution >= 0.6 is 0 Å². The first-order valence-electron chi connectivity index (χ1n) is 4.74. The van der Waals surface area contributed by atoms with Crippen LogP contribution in [0.3, 0.4) is 0 Å². The minimum Gasteiger partial charge on any atom is -0.477 e. The summed E-state index contributed by atoms with van der Waals surface area (Å²) in [6, 6.07) is 9.49. The largest absolute Gasteiger partial charge is 0.477 e. The predicted octanol–water partition coefficient (Wildman–Crippen LogP) is 0.775. The quantitative estimate of drug-likeness (QED) is 0.627. The van der Waals surface area contributed by atoms with Crippen molar-refractivity contribution in [1.82, 2.24) is 0 Å². The molecule has 0 radical (unpaired) electrons. The molecule has 0 unspecified atom stereocenters. The van der Waals surface area contributed by atoms with Gasteiger partial charge in [-0.3, -0.25) is 0 Å². The zero-order chi connectivity index (χ0) is 11.3. The number of carbonyl (C=O) groups is 1. The van der Waals surface area contributed by atoms with Crippen LogP contribution in [0.2, 0.25) is 0 Å². The maximum absolute atomic E-state index is 10.4. The highest BCUT2D eigenvalue weighted by molar-refractivity contribution is 5.74. The van der Waals surface area contributed by atoms with Gasteiger partial charge in [0, 0.05) is 6.42 Å². The van der Waals surface area contributed by atoms with Crippen molar-refractivity contribution in [3.05, 3.63) is 35.9 Å². The van der Waals surface area contributed by atoms with Crippen LogP contribution in [0.25, 0.3) is 0 Å². The van der Waals surface area contributed by atoms with E-state index in [0.29, 0.717) is 12.8 Å². The molecule has 15 heavy (non-hydrogen) atoms. The van der Waals surface area contributed by atoms with Gasteiger partial charge in [0.2, 0.25) is 0 Å². The fourth-order valence-corrected chi connectivity index (χ4v) is 1.29. The second-order valence-electron chi connectivity index (χ2n) is 3.46. The molecule has 4 nitrogen and oxygen atoms in total. The number of hydrogen-bond donors (Lipinski definition) is 3. The average molecular weight is 210 g/mol. The molecule has 0 aliphatic heterocycles. The van der Waals surface area contributed by atoms with Crippen LogP contribution in [0.4, 0.5) is 0 Å². The summed E-state index contributed by atoms with van der Waals surface area (Å²) in [5.41, 5.74) is 1.05. The normalized spacial score (nSPS) is 11.3. The smallest absolute Gasteiger partial charge is 0.364 e. The summed E-state index contributed by atoms with van der Waals surface area (Å²) >= 11 is 0. The summed E-state index contributed by atoms with van der Waals surface area (Å²) in [6.07, 6.45) is 0.886. The van der Waals surface area contributed by atoms with Gasteiger partial charge in [0.25, 0.3) is 5.79 Å². The standard InChI is InChI=1S/C11H14O4/c12-10(13)11(14,15)8-4-7-9-5-2-1-3-6-9/h1-3,5-6,14-15H,4,7-8H2,(H,12,13). The zero-order valence-corrected chi connectivity index (χ0v) is 8.26. The molecule has 82 valence electrons. The van der Waals surface area contributed by atoms with Crippen molar-refractivity contribution in [2.75, 3.05) is 0 Å². The number of benzene rings is 1. The van der Waals surface area contributed by atoms with Crippen LogP contribution in [0, 0.1) is 0 Å². The first-order valence-corrected chi connectivity index (χ1v) is 4.74. The SMILES string of the molecule is O=C(O)C(O)(O)CCCc1ccccc1. The molecular weight excluding hydrogens is 196 g/mol. The molecule has 3 N–H and O–H groups in total. The number of aryl methyl sites for hydroxylation is 1. The highest BCUT2D eigenvalue weighted by atomic mass is 16.5. The van der Waals surface area contributed by atoms with E-state index in [1.54, 1.807) is 0 Å². The van der Waals surface area contributed by atoms with Crippen LogP contribution in [-0.4, -0.2) is 27.1 Å². The van der Waals surface area contributed by atoms with Crippen LogP contribution < -0.4 is 0 Å². The molecule has 0 aliphatic rings. The molecule has 4 heteroatoms. The Morgan fingerprint density at radius 2 is 1.80 bits per heavy atom. The molecule has 0 bridgehead atoms. The number of hydrogen-bond acceptors (Lipinski definition) is 3. The van der Waals surface area contributed by atoms with Gasteiger partial charge >= 0.3 is 5.97 Å². The Morgan fingerprint density at radius 1 is 1.20 bits per heavy atom. The fraction of sp³-hybridized carbons (Fsp3) is 0.364. The number of aliphatic carboxylic acids is 1. The monoisotopic (exact) mass is 210 g/mol. The molecule has 0 aliphatic carbocycles. The molecule has 0 aromatic heterocycles. The number of rotatable bonds is 5. The predicted molar refractivity (Wildman–Crippen MR) is 54.2 cm³/mol. The van der Waals surface area contributed by atoms with Gasteiger partial charge in [-0.25, -0.2) is 4.79 Å². The van der Waals surface area contributed by atoms with Gasteiger partial charge in [0.05, 0.1) is 0 Å². The van der Waals surface area contributed by atoms with Gasteiger partial charge < -0.3 is 15.3 Å². The van der Waals surface area contributed by atoms with Crippen LogP contribution in [0.15, 0.2) is 30.3 Å². The molecule has 0 amide bonds. The van der Waals surface area contributed by atoms with Crippen LogP contribution in [0.5, 0.6) is 0 Å². The van der Waals surface area contributed by atoms with E-state index in [0.717, 1.165) is 5.56 Å². The second kappa shape index (κ2) is 4.91. The molecule has 0 saturated heterocycles. The van der Waals surface area contributed by atoms with Crippen molar-refractivity contribution in [1.29, 1.82) is 0 Å². The molecule has 0 fully saturated rings. The Kier molecular flexibility index (Phi) is 3.82. The molecule has 0 atom stereocenters. The summed E-state index contributed by atoms with van der Waals surface area (Å²) in [4.78, 5) is 10.4. The summed E-state index contributed by atoms with van der Waals surface area (Å²) in [5.74, 6) is -4.20. The summed E-state index contributed by atoms with van der Waals surface area (Å²) < 4.78 is 0. The maximum Gasteiger partial charge on any atom is 0.364 e. The third kappa shape index (κ3) is 3.69. The Labute approximate surface area is 87.8 Å². The van der Waals surface area contributed by atoms with Gasteiger partial charge in [0.1, 0.15) is 0 Å². The minimum absolute atomic E-state index is 0.169. The summed E-state index contributed by atoms with van der Waals surface area (Å²) in [5, 5.41) is 26.5. The molecule has 1 rings (SSSR count). The average Bonchev–Trinajstić information content (AvgIpc) is 2.19. The number of carboxylic acids is 1. The molecule has 0 heterocycles. The lowest BCUT2D eigenvalue weighted by Crippen LogP contribution is -2.38. The van der Waals surface area contributed by atoms with E-state index in [2.05, 4.69) is 0 Å². The van der Waals surface area contributed by atoms with Gasteiger partial charge in [-0.05, 0) is 18.4 Å². The summed E-state index contributed by atoms with van der Waals surface area (Å²) in [7, 11) is 0. The van der Waals surface area contributed by atoms with E-state index in [1.165, 1.54) is 0 Å². The van der Waals surface area contributed by atoms with Crippen LogP contribution in [-0.2, 0) is 11.2 Å². The van der Waals surface area contributed by atoms with E-state index in [-0.39, 0.29) is 6.42 Å². The molecular formula is C11H14O4. The van der Waals surface area contributed by atoms with Crippen LogP contribution in [0.1, 0.15) is 18.4 Å². The van der Waals surface area contributed by atoms with E-state index >= 15 is 0 Å². The summed E-state index contributed by atoms with van der Waals surface area (Å²) in [6.45, 7) is 0. The number of carboxylic acid groups (broad SMARTS) is 1. The Morgan fingerprint density at radius 3 is 2.33 bits per heavy atom. The third-order valence-electron chi connectivity index (χ3n) is 2.18. The minimum atomic E-state index is -2.60.